The van der Waals surface area contributed by atoms with Gasteiger partial charge in [0, 0.05) is 0 Å². The van der Waals surface area contributed by atoms with Crippen LogP contribution < -0.4 is 0 Å². The molecule has 4 heterocycles. The Labute approximate surface area is 439 Å². The van der Waals surface area contributed by atoms with Gasteiger partial charge in [-0.15, -0.1) is 0 Å². The Morgan fingerprint density at radius 2 is 1.16 bits per heavy atom. The molecule has 14 N–H and O–H groups in total. The number of ether oxygens (including phenoxy) is 8. The molecule has 434 valence electrons. The van der Waals surface area contributed by atoms with E-state index in [0.717, 1.165) is 24.8 Å². The third-order valence-electron chi connectivity index (χ3n) is 20.5. The molecule has 22 nitrogen and oxygen atoms in total. The third kappa shape index (κ3) is 10.6. The van der Waals surface area contributed by atoms with E-state index < -0.39 is 165 Å². The molecule has 4 saturated carbocycles. The van der Waals surface area contributed by atoms with Crippen LogP contribution in [0.4, 0.5) is 0 Å². The monoisotopic (exact) mass is 1080 g/mol. The first-order valence-electron chi connectivity index (χ1n) is 27.3. The average Bonchev–Trinajstić information content (AvgIpc) is 3.75. The molecule has 0 unspecified atom stereocenters. The Hall–Kier alpha value is -1.14. The number of allylic oxidation sites excluding steroid dienone is 2. The summed E-state index contributed by atoms with van der Waals surface area (Å²) in [6, 6.07) is 0. The van der Waals surface area contributed by atoms with Crippen LogP contribution in [0.2, 0.25) is 0 Å². The van der Waals surface area contributed by atoms with Crippen LogP contribution in [-0.4, -0.2) is 232 Å². The summed E-state index contributed by atoms with van der Waals surface area (Å²) in [7, 11) is 0. The zero-order chi connectivity index (χ0) is 55.1. The molecule has 4 aliphatic heterocycles. The van der Waals surface area contributed by atoms with Gasteiger partial charge in [0.25, 0.3) is 0 Å². The standard InChI is InChI=1S/C53H90O22/c1-23(2)10-9-14-53(8,75-47-43(67)39(63)37(61)29(72-47)22-69-45-41(65)34(58)26(57)21-68-45)24-11-16-52(7)33(24)25(56)18-31-50(5)15-13-32(49(3,4)30(50)12-17-51(31,52)6)73-48-44(40(64)36(60)28(20-55)71-48)74-46-42(66)38(62)35(59)27(19-54)70-46/h10,24-48,54-67H,9,11-22H2,1-8H3/t24-,25+,26+,27+,28+,29+,30-,31+,32-,33-,34+,35+,36+,37+,38-,39-,40-,41-,42+,43+,44+,45-,46-,47-,48-,50-,51+,52+,53-/m0/s1. The number of aliphatic hydroxyl groups is 14. The van der Waals surface area contributed by atoms with E-state index in [9.17, 15) is 71.5 Å². The Morgan fingerprint density at radius 1 is 0.587 bits per heavy atom. The summed E-state index contributed by atoms with van der Waals surface area (Å²) in [6.45, 7) is 15.1. The van der Waals surface area contributed by atoms with Gasteiger partial charge in [-0.3, -0.25) is 0 Å². The third-order valence-corrected chi connectivity index (χ3v) is 20.5. The Bertz CT molecular complexity index is 1940. The molecule has 0 bridgehead atoms. The average molecular weight is 1080 g/mol. The summed E-state index contributed by atoms with van der Waals surface area (Å²) in [5.41, 5.74) is -1.48. The van der Waals surface area contributed by atoms with Gasteiger partial charge in [0.15, 0.2) is 25.2 Å². The lowest BCUT2D eigenvalue weighted by atomic mass is 9.35. The number of hydrogen-bond acceptors (Lipinski definition) is 22. The van der Waals surface area contributed by atoms with Gasteiger partial charge >= 0.3 is 0 Å². The number of fused-ring (bicyclic) bond motifs is 5. The molecule has 8 fully saturated rings. The fourth-order valence-electron chi connectivity index (χ4n) is 16.0. The molecule has 29 atom stereocenters. The van der Waals surface area contributed by atoms with Gasteiger partial charge in [0.1, 0.15) is 91.6 Å². The topological polar surface area (TPSA) is 357 Å². The van der Waals surface area contributed by atoms with E-state index in [-0.39, 0.29) is 41.1 Å². The van der Waals surface area contributed by atoms with Gasteiger partial charge in [-0.25, -0.2) is 0 Å². The predicted molar refractivity (Wildman–Crippen MR) is 260 cm³/mol. The van der Waals surface area contributed by atoms with Gasteiger partial charge in [0.05, 0.1) is 44.2 Å². The first-order valence-corrected chi connectivity index (χ1v) is 27.3. The molecule has 4 saturated heterocycles. The number of hydrogen-bond donors (Lipinski definition) is 14. The SMILES string of the molecule is CC(C)=CCC[C@](C)(O[C@@H]1O[C@H](CO[C@@H]2OC[C@@H](O)[C@@H](O)[C@@H]2O)[C@@H](O)[C@H](O)[C@H]1O)[C@H]1CC[C@]2(C)[C@@H]1[C@H](O)C[C@@H]1[C@@]3(C)CC[C@H](O[C@@H]4O[C@H](CO)[C@@H](O)[C@H](O)[C@H]4O[C@@H]4O[C@H](CO)[C@@H](O)[C@H](O)[C@H]4O)C(C)(C)[C@@H]3CC[C@]12C. The fraction of sp³-hybridized carbons (Fsp3) is 0.962. The molecule has 0 spiro atoms. The highest BCUT2D eigenvalue weighted by atomic mass is 16.8. The maximum Gasteiger partial charge on any atom is 0.187 e. The van der Waals surface area contributed by atoms with Crippen molar-refractivity contribution in [3.8, 4) is 0 Å². The molecule has 22 heteroatoms. The molecule has 0 aromatic carbocycles. The van der Waals surface area contributed by atoms with Crippen molar-refractivity contribution >= 4 is 0 Å². The number of rotatable bonds is 15. The van der Waals surface area contributed by atoms with Gasteiger partial charge < -0.3 is 109 Å². The molecule has 0 amide bonds. The molecule has 0 aromatic rings. The van der Waals surface area contributed by atoms with E-state index >= 15 is 0 Å². The molecule has 8 aliphatic rings. The van der Waals surface area contributed by atoms with Crippen LogP contribution in [0.5, 0.6) is 0 Å². The number of aliphatic hydroxyl groups excluding tert-OH is 14. The lowest BCUT2D eigenvalue weighted by Gasteiger charge is -2.71. The van der Waals surface area contributed by atoms with E-state index in [0.29, 0.717) is 38.5 Å². The predicted octanol–water partition coefficient (Wildman–Crippen LogP) is -1.56. The zero-order valence-electron chi connectivity index (χ0n) is 44.7. The summed E-state index contributed by atoms with van der Waals surface area (Å²) < 4.78 is 48.8. The Kier molecular flexibility index (Phi) is 18.1. The molecule has 8 rings (SSSR count). The molecule has 4 aliphatic carbocycles. The summed E-state index contributed by atoms with van der Waals surface area (Å²) in [6.07, 6.45) is -22.6. The summed E-state index contributed by atoms with van der Waals surface area (Å²) >= 11 is 0. The van der Waals surface area contributed by atoms with Gasteiger partial charge in [-0.1, -0.05) is 46.3 Å². The minimum absolute atomic E-state index is 0.0508. The van der Waals surface area contributed by atoms with Crippen molar-refractivity contribution < 1.29 is 109 Å². The molecular formula is C53H90O22. The van der Waals surface area contributed by atoms with E-state index in [4.69, 9.17) is 37.9 Å². The van der Waals surface area contributed by atoms with Crippen molar-refractivity contribution in [3.05, 3.63) is 11.6 Å². The van der Waals surface area contributed by atoms with E-state index in [1.807, 2.05) is 20.8 Å². The second-order valence-corrected chi connectivity index (χ2v) is 25.3. The lowest BCUT2D eigenvalue weighted by molar-refractivity contribution is -0.378. The second kappa shape index (κ2) is 22.7. The van der Waals surface area contributed by atoms with Crippen molar-refractivity contribution in [2.24, 2.45) is 45.3 Å². The van der Waals surface area contributed by atoms with Crippen LogP contribution in [0.3, 0.4) is 0 Å². The molecule has 0 aromatic heterocycles. The maximum absolute atomic E-state index is 12.8. The van der Waals surface area contributed by atoms with Crippen molar-refractivity contribution in [2.45, 2.75) is 248 Å². The molecule has 0 radical (unpaired) electrons. The van der Waals surface area contributed by atoms with Crippen LogP contribution in [0, 0.1) is 45.3 Å². The summed E-state index contributed by atoms with van der Waals surface area (Å²) in [5.74, 6) is -0.395. The first-order chi connectivity index (χ1) is 35.1. The highest BCUT2D eigenvalue weighted by Crippen LogP contribution is 2.76. The minimum atomic E-state index is -1.81. The van der Waals surface area contributed by atoms with Gasteiger partial charge in [0.2, 0.25) is 0 Å². The van der Waals surface area contributed by atoms with Crippen molar-refractivity contribution in [1.82, 2.24) is 0 Å². The van der Waals surface area contributed by atoms with Crippen molar-refractivity contribution in [2.75, 3.05) is 26.4 Å². The minimum Gasteiger partial charge on any atom is -0.394 e. The van der Waals surface area contributed by atoms with E-state index in [1.54, 1.807) is 0 Å². The fourth-order valence-corrected chi connectivity index (χ4v) is 16.0. The van der Waals surface area contributed by atoms with Crippen molar-refractivity contribution in [3.63, 3.8) is 0 Å². The molecular weight excluding hydrogens is 989 g/mol. The van der Waals surface area contributed by atoms with Crippen LogP contribution in [-0.2, 0) is 37.9 Å². The van der Waals surface area contributed by atoms with Crippen LogP contribution >= 0.6 is 0 Å². The lowest BCUT2D eigenvalue weighted by Crippen LogP contribution is -2.68. The summed E-state index contributed by atoms with van der Waals surface area (Å²) in [5, 5.41) is 151. The highest BCUT2D eigenvalue weighted by molar-refractivity contribution is 5.20. The Balaban J connectivity index is 1.01. The zero-order valence-corrected chi connectivity index (χ0v) is 44.7. The van der Waals surface area contributed by atoms with Gasteiger partial charge in [-0.2, -0.15) is 0 Å². The molecule has 75 heavy (non-hydrogen) atoms. The highest BCUT2D eigenvalue weighted by Gasteiger charge is 2.72. The first kappa shape index (κ1) is 60.0. The maximum atomic E-state index is 12.8. The summed E-state index contributed by atoms with van der Waals surface area (Å²) in [4.78, 5) is 0. The van der Waals surface area contributed by atoms with Gasteiger partial charge in [-0.05, 0) is 124 Å². The van der Waals surface area contributed by atoms with Crippen LogP contribution in [0.1, 0.15) is 113 Å². The quantitative estimate of drug-likeness (QED) is 0.0651. The van der Waals surface area contributed by atoms with E-state index in [2.05, 4.69) is 40.7 Å². The van der Waals surface area contributed by atoms with E-state index in [1.165, 1.54) is 0 Å². The smallest absolute Gasteiger partial charge is 0.187 e. The largest absolute Gasteiger partial charge is 0.394 e. The van der Waals surface area contributed by atoms with Crippen LogP contribution in [0.25, 0.3) is 0 Å². The normalized spacial score (nSPS) is 52.7. The Morgan fingerprint density at radius 3 is 1.80 bits per heavy atom. The van der Waals surface area contributed by atoms with Crippen LogP contribution in [0.15, 0.2) is 11.6 Å². The van der Waals surface area contributed by atoms with Crippen molar-refractivity contribution in [1.29, 1.82) is 0 Å². The second-order valence-electron chi connectivity index (χ2n) is 25.3.